The SMILES string of the molecule is COc1ccc(C[C@@]2(CCC(=O)N(CC3CCC3)C[C@@H]3CCCO3)CCC(=O)N2)c2ccccc12. The van der Waals surface area contributed by atoms with E-state index >= 15 is 0 Å². The molecule has 35 heavy (non-hydrogen) atoms. The summed E-state index contributed by atoms with van der Waals surface area (Å²) < 4.78 is 11.4. The van der Waals surface area contributed by atoms with Crippen LogP contribution in [0, 0.1) is 5.92 Å². The van der Waals surface area contributed by atoms with Gasteiger partial charge in [-0.05, 0) is 67.9 Å². The summed E-state index contributed by atoms with van der Waals surface area (Å²) in [5, 5.41) is 5.49. The molecule has 3 aliphatic rings. The number of methoxy groups -OCH3 is 1. The smallest absolute Gasteiger partial charge is 0.222 e. The molecule has 0 spiro atoms. The van der Waals surface area contributed by atoms with Gasteiger partial charge in [-0.1, -0.05) is 36.8 Å². The maximum atomic E-state index is 13.5. The molecule has 2 saturated heterocycles. The summed E-state index contributed by atoms with van der Waals surface area (Å²) in [5.74, 6) is 1.77. The van der Waals surface area contributed by atoms with Crippen molar-refractivity contribution in [1.82, 2.24) is 10.2 Å². The Morgan fingerprint density at radius 2 is 1.94 bits per heavy atom. The predicted octanol–water partition coefficient (Wildman–Crippen LogP) is 4.63. The highest BCUT2D eigenvalue weighted by molar-refractivity contribution is 5.91. The molecule has 6 nitrogen and oxygen atoms in total. The number of amides is 2. The molecule has 188 valence electrons. The fraction of sp³-hybridized carbons (Fsp3) is 0.586. The van der Waals surface area contributed by atoms with Gasteiger partial charge in [0.1, 0.15) is 5.75 Å². The van der Waals surface area contributed by atoms with Crippen LogP contribution in [0.5, 0.6) is 5.75 Å². The first-order chi connectivity index (χ1) is 17.0. The van der Waals surface area contributed by atoms with Gasteiger partial charge in [0, 0.05) is 43.5 Å². The topological polar surface area (TPSA) is 67.9 Å². The molecule has 0 aromatic heterocycles. The monoisotopic (exact) mass is 478 g/mol. The average Bonchev–Trinajstić information content (AvgIpc) is 3.49. The summed E-state index contributed by atoms with van der Waals surface area (Å²) in [6, 6.07) is 12.4. The van der Waals surface area contributed by atoms with Gasteiger partial charge < -0.3 is 19.7 Å². The Hall–Kier alpha value is -2.60. The van der Waals surface area contributed by atoms with E-state index in [0.717, 1.165) is 48.9 Å². The molecule has 2 aromatic rings. The Morgan fingerprint density at radius 1 is 1.11 bits per heavy atom. The molecular weight excluding hydrogens is 440 g/mol. The van der Waals surface area contributed by atoms with Crippen LogP contribution in [0.2, 0.25) is 0 Å². The summed E-state index contributed by atoms with van der Waals surface area (Å²) >= 11 is 0. The zero-order valence-corrected chi connectivity index (χ0v) is 20.9. The van der Waals surface area contributed by atoms with Crippen molar-refractivity contribution in [3.63, 3.8) is 0 Å². The van der Waals surface area contributed by atoms with Gasteiger partial charge in [-0.2, -0.15) is 0 Å². The predicted molar refractivity (Wildman–Crippen MR) is 136 cm³/mol. The van der Waals surface area contributed by atoms with Gasteiger partial charge in [0.25, 0.3) is 0 Å². The summed E-state index contributed by atoms with van der Waals surface area (Å²) in [5.41, 5.74) is 0.789. The van der Waals surface area contributed by atoms with Crippen LogP contribution in [-0.2, 0) is 20.7 Å². The lowest BCUT2D eigenvalue weighted by molar-refractivity contribution is -0.134. The fourth-order valence-corrected chi connectivity index (χ4v) is 6.02. The molecular formula is C29H38N2O4. The number of carbonyl (C=O) groups excluding carboxylic acids is 2. The first-order valence-electron chi connectivity index (χ1n) is 13.3. The first-order valence-corrected chi connectivity index (χ1v) is 13.3. The Kier molecular flexibility index (Phi) is 7.28. The second-order valence-electron chi connectivity index (χ2n) is 10.7. The van der Waals surface area contributed by atoms with Crippen molar-refractivity contribution >= 4 is 22.6 Å². The Morgan fingerprint density at radius 3 is 2.60 bits per heavy atom. The summed E-state index contributed by atoms with van der Waals surface area (Å²) in [4.78, 5) is 27.9. The van der Waals surface area contributed by atoms with Crippen molar-refractivity contribution in [2.75, 3.05) is 26.8 Å². The van der Waals surface area contributed by atoms with Gasteiger partial charge in [-0.25, -0.2) is 0 Å². The molecule has 2 aromatic carbocycles. The van der Waals surface area contributed by atoms with Crippen LogP contribution in [0.15, 0.2) is 36.4 Å². The maximum Gasteiger partial charge on any atom is 0.222 e. The Bertz CT molecular complexity index is 1060. The molecule has 6 heteroatoms. The normalized spacial score (nSPS) is 24.4. The third kappa shape index (κ3) is 5.48. The van der Waals surface area contributed by atoms with E-state index in [2.05, 4.69) is 28.4 Å². The summed E-state index contributed by atoms with van der Waals surface area (Å²) in [7, 11) is 1.69. The van der Waals surface area contributed by atoms with Gasteiger partial charge in [0.2, 0.25) is 11.8 Å². The van der Waals surface area contributed by atoms with Crippen molar-refractivity contribution in [3.05, 3.63) is 42.0 Å². The van der Waals surface area contributed by atoms with Crippen LogP contribution in [0.1, 0.15) is 63.4 Å². The number of hydrogen-bond donors (Lipinski definition) is 1. The molecule has 2 aliphatic heterocycles. The number of nitrogens with zero attached hydrogens (tertiary/aromatic N) is 1. The highest BCUT2D eigenvalue weighted by atomic mass is 16.5. The number of nitrogens with one attached hydrogen (secondary N) is 1. The van der Waals surface area contributed by atoms with E-state index in [0.29, 0.717) is 38.1 Å². The molecule has 1 saturated carbocycles. The fourth-order valence-electron chi connectivity index (χ4n) is 6.02. The third-order valence-corrected chi connectivity index (χ3v) is 8.28. The molecule has 1 aliphatic carbocycles. The Labute approximate surface area is 208 Å². The lowest BCUT2D eigenvalue weighted by Crippen LogP contribution is -2.46. The van der Waals surface area contributed by atoms with Gasteiger partial charge in [0.15, 0.2) is 0 Å². The van der Waals surface area contributed by atoms with E-state index < -0.39 is 5.54 Å². The zero-order valence-electron chi connectivity index (χ0n) is 20.9. The highest BCUT2D eigenvalue weighted by Crippen LogP contribution is 2.35. The van der Waals surface area contributed by atoms with E-state index in [9.17, 15) is 9.59 Å². The molecule has 3 fully saturated rings. The lowest BCUT2D eigenvalue weighted by atomic mass is 9.83. The lowest BCUT2D eigenvalue weighted by Gasteiger charge is -2.35. The number of carbonyl (C=O) groups is 2. The Balaban J connectivity index is 1.32. The summed E-state index contributed by atoms with van der Waals surface area (Å²) in [6.45, 7) is 2.36. The second kappa shape index (κ2) is 10.6. The number of rotatable bonds is 10. The van der Waals surface area contributed by atoms with Crippen molar-refractivity contribution in [3.8, 4) is 5.75 Å². The molecule has 2 heterocycles. The largest absolute Gasteiger partial charge is 0.496 e. The molecule has 5 rings (SSSR count). The maximum absolute atomic E-state index is 13.5. The molecule has 0 radical (unpaired) electrons. The number of hydrogen-bond acceptors (Lipinski definition) is 4. The van der Waals surface area contributed by atoms with Crippen LogP contribution in [-0.4, -0.2) is 55.2 Å². The van der Waals surface area contributed by atoms with Crippen LogP contribution >= 0.6 is 0 Å². The number of fused-ring (bicyclic) bond motifs is 1. The van der Waals surface area contributed by atoms with Gasteiger partial charge in [-0.15, -0.1) is 0 Å². The van der Waals surface area contributed by atoms with Crippen molar-refractivity contribution in [1.29, 1.82) is 0 Å². The van der Waals surface area contributed by atoms with Crippen LogP contribution in [0.25, 0.3) is 10.8 Å². The van der Waals surface area contributed by atoms with Gasteiger partial charge >= 0.3 is 0 Å². The van der Waals surface area contributed by atoms with E-state index in [1.54, 1.807) is 7.11 Å². The second-order valence-corrected chi connectivity index (χ2v) is 10.7. The molecule has 0 unspecified atom stereocenters. The van der Waals surface area contributed by atoms with Crippen LogP contribution in [0.4, 0.5) is 0 Å². The minimum absolute atomic E-state index is 0.0842. The number of ether oxygens (including phenoxy) is 2. The minimum atomic E-state index is -0.393. The third-order valence-electron chi connectivity index (χ3n) is 8.28. The quantitative estimate of drug-likeness (QED) is 0.541. The van der Waals surface area contributed by atoms with Crippen LogP contribution in [0.3, 0.4) is 0 Å². The molecule has 2 atom stereocenters. The number of benzene rings is 2. The first kappa shape index (κ1) is 24.1. The molecule has 1 N–H and O–H groups in total. The van der Waals surface area contributed by atoms with Crippen molar-refractivity contribution in [2.45, 2.75) is 75.9 Å². The highest BCUT2D eigenvalue weighted by Gasteiger charge is 2.39. The van der Waals surface area contributed by atoms with Crippen LogP contribution < -0.4 is 10.1 Å². The van der Waals surface area contributed by atoms with Gasteiger partial charge in [0.05, 0.1) is 13.2 Å². The van der Waals surface area contributed by atoms with E-state index in [-0.39, 0.29) is 17.9 Å². The molecule has 2 amide bonds. The molecule has 0 bridgehead atoms. The van der Waals surface area contributed by atoms with E-state index in [1.165, 1.54) is 24.8 Å². The minimum Gasteiger partial charge on any atom is -0.496 e. The van der Waals surface area contributed by atoms with E-state index in [4.69, 9.17) is 9.47 Å². The van der Waals surface area contributed by atoms with Crippen molar-refractivity contribution in [2.24, 2.45) is 5.92 Å². The average molecular weight is 479 g/mol. The zero-order chi connectivity index (χ0) is 24.3. The standard InChI is InChI=1S/C29H38N2O4/c1-34-26-12-11-22(24-9-2-3-10-25(24)26)18-29(15-13-27(32)30-29)16-14-28(33)31(19-21-6-4-7-21)20-23-8-5-17-35-23/h2-3,9-12,21,23H,4-8,13-20H2,1H3,(H,30,32)/t23-,29-/m0/s1. The van der Waals surface area contributed by atoms with Gasteiger partial charge in [-0.3, -0.25) is 9.59 Å². The van der Waals surface area contributed by atoms with Crippen molar-refractivity contribution < 1.29 is 19.1 Å². The van der Waals surface area contributed by atoms with E-state index in [1.807, 2.05) is 18.2 Å². The summed E-state index contributed by atoms with van der Waals surface area (Å²) in [6.07, 6.45) is 9.11.